The lowest BCUT2D eigenvalue weighted by atomic mass is 10.3. The molecule has 0 N–H and O–H groups in total. The van der Waals surface area contributed by atoms with Crippen LogP contribution < -0.4 is 5.30 Å². The molecule has 1 atom stereocenters. The van der Waals surface area contributed by atoms with Crippen LogP contribution in [0.3, 0.4) is 0 Å². The van der Waals surface area contributed by atoms with Gasteiger partial charge in [0.2, 0.25) is 0 Å². The Morgan fingerprint density at radius 2 is 2.31 bits per heavy atom. The zero-order valence-corrected chi connectivity index (χ0v) is 8.73. The van der Waals surface area contributed by atoms with Crippen molar-refractivity contribution in [1.29, 1.82) is 0 Å². The summed E-state index contributed by atoms with van der Waals surface area (Å²) in [4.78, 5) is 4.38. The van der Waals surface area contributed by atoms with Crippen molar-refractivity contribution in [3.05, 3.63) is 24.1 Å². The van der Waals surface area contributed by atoms with Gasteiger partial charge in [-0.1, -0.05) is 13.0 Å². The Hall–Kier alpha value is -0.880. The van der Waals surface area contributed by atoms with Gasteiger partial charge in [0.15, 0.2) is 11.5 Å². The molecule has 1 aromatic carbocycles. The molecule has 0 aliphatic carbocycles. The Morgan fingerprint density at radius 3 is 3.08 bits per heavy atom. The van der Waals surface area contributed by atoms with E-state index in [1.165, 1.54) is 0 Å². The van der Waals surface area contributed by atoms with E-state index in [-0.39, 0.29) is 0 Å². The second kappa shape index (κ2) is 3.47. The van der Waals surface area contributed by atoms with Gasteiger partial charge in [0.1, 0.15) is 5.52 Å². The summed E-state index contributed by atoms with van der Waals surface area (Å²) in [7, 11) is 2.66. The van der Waals surface area contributed by atoms with Crippen molar-refractivity contribution in [2.75, 3.05) is 0 Å². The van der Waals surface area contributed by atoms with E-state index in [9.17, 15) is 0 Å². The Labute approximate surface area is 79.6 Å². The molecule has 2 aromatic rings. The minimum atomic E-state index is 0.841. The predicted molar refractivity (Wildman–Crippen MR) is 57.3 cm³/mol. The fraction of sp³-hybridized carbons (Fsp3) is 0.300. The van der Waals surface area contributed by atoms with Crippen LogP contribution in [0.5, 0.6) is 0 Å². The zero-order chi connectivity index (χ0) is 9.26. The molecule has 3 heteroatoms. The summed E-state index contributed by atoms with van der Waals surface area (Å²) in [6.07, 6.45) is 1.99. The highest BCUT2D eigenvalue weighted by Gasteiger charge is 2.03. The van der Waals surface area contributed by atoms with Gasteiger partial charge in [0.25, 0.3) is 0 Å². The van der Waals surface area contributed by atoms with Gasteiger partial charge in [-0.15, -0.1) is 9.24 Å². The maximum absolute atomic E-state index is 5.54. The molecule has 0 radical (unpaired) electrons. The number of nitrogens with zero attached hydrogens (tertiary/aromatic N) is 1. The minimum absolute atomic E-state index is 0.841. The van der Waals surface area contributed by atoms with Crippen LogP contribution in [0.25, 0.3) is 11.1 Å². The van der Waals surface area contributed by atoms with E-state index < -0.39 is 0 Å². The molecule has 0 bridgehead atoms. The highest BCUT2D eigenvalue weighted by atomic mass is 31.0. The number of aryl methyl sites for hydroxylation is 1. The summed E-state index contributed by atoms with van der Waals surface area (Å²) < 4.78 is 5.54. The number of aromatic nitrogens is 1. The molecule has 1 heterocycles. The van der Waals surface area contributed by atoms with E-state index in [0.717, 1.165) is 35.1 Å². The Kier molecular flexibility index (Phi) is 2.32. The first kappa shape index (κ1) is 8.71. The lowest BCUT2D eigenvalue weighted by Gasteiger charge is -1.87. The van der Waals surface area contributed by atoms with Gasteiger partial charge in [-0.25, -0.2) is 4.98 Å². The van der Waals surface area contributed by atoms with E-state index >= 15 is 0 Å². The van der Waals surface area contributed by atoms with Crippen LogP contribution in [0, 0.1) is 0 Å². The van der Waals surface area contributed by atoms with Crippen molar-refractivity contribution in [2.45, 2.75) is 19.8 Å². The number of hydrogen-bond acceptors (Lipinski definition) is 2. The molecule has 0 aliphatic heterocycles. The van der Waals surface area contributed by atoms with Crippen LogP contribution >= 0.6 is 9.24 Å². The summed E-state index contributed by atoms with van der Waals surface area (Å²) in [6, 6.07) is 5.99. The quantitative estimate of drug-likeness (QED) is 0.684. The van der Waals surface area contributed by atoms with Crippen molar-refractivity contribution in [2.24, 2.45) is 0 Å². The van der Waals surface area contributed by atoms with E-state index in [2.05, 4.69) is 21.1 Å². The van der Waals surface area contributed by atoms with Crippen LogP contribution in [0.1, 0.15) is 19.2 Å². The number of hydrogen-bond donors (Lipinski definition) is 0. The topological polar surface area (TPSA) is 26.0 Å². The predicted octanol–water partition coefficient (Wildman–Crippen LogP) is 2.28. The van der Waals surface area contributed by atoms with Gasteiger partial charge in [-0.3, -0.25) is 0 Å². The molecule has 1 unspecified atom stereocenters. The lowest BCUT2D eigenvalue weighted by Crippen LogP contribution is -1.86. The maximum Gasteiger partial charge on any atom is 0.195 e. The molecule has 0 amide bonds. The molecule has 0 spiro atoms. The summed E-state index contributed by atoms with van der Waals surface area (Å²) in [6.45, 7) is 2.12. The van der Waals surface area contributed by atoms with Crippen LogP contribution in [-0.2, 0) is 6.42 Å². The Bertz CT molecular complexity index is 422. The number of fused-ring (bicyclic) bond motifs is 1. The monoisotopic (exact) mass is 193 g/mol. The van der Waals surface area contributed by atoms with Crippen LogP contribution in [0.4, 0.5) is 0 Å². The van der Waals surface area contributed by atoms with Gasteiger partial charge >= 0.3 is 0 Å². The highest BCUT2D eigenvalue weighted by Crippen LogP contribution is 2.15. The highest BCUT2D eigenvalue weighted by molar-refractivity contribution is 7.27. The van der Waals surface area contributed by atoms with E-state index in [0.29, 0.717) is 0 Å². The first-order valence-electron chi connectivity index (χ1n) is 4.44. The molecule has 0 saturated carbocycles. The third kappa shape index (κ3) is 1.73. The van der Waals surface area contributed by atoms with Crippen molar-refractivity contribution in [3.63, 3.8) is 0 Å². The van der Waals surface area contributed by atoms with E-state index in [1.807, 2.05) is 18.2 Å². The molecule has 0 saturated heterocycles. The third-order valence-corrected chi connectivity index (χ3v) is 2.28. The van der Waals surface area contributed by atoms with Gasteiger partial charge in [0.05, 0.1) is 0 Å². The molecular formula is C10H12NOP. The van der Waals surface area contributed by atoms with Gasteiger partial charge in [-0.05, 0) is 23.9 Å². The van der Waals surface area contributed by atoms with Crippen molar-refractivity contribution < 1.29 is 4.42 Å². The first-order chi connectivity index (χ1) is 6.29. The smallest absolute Gasteiger partial charge is 0.195 e. The number of oxazole rings is 1. The number of benzene rings is 1. The minimum Gasteiger partial charge on any atom is -0.441 e. The lowest BCUT2D eigenvalue weighted by molar-refractivity contribution is 0.525. The summed E-state index contributed by atoms with van der Waals surface area (Å²) in [5, 5.41) is 1.14. The average Bonchev–Trinajstić information content (AvgIpc) is 2.46. The molecule has 2 nitrogen and oxygen atoms in total. The van der Waals surface area contributed by atoms with Crippen LogP contribution in [0.15, 0.2) is 22.6 Å². The summed E-state index contributed by atoms with van der Waals surface area (Å²) in [5.41, 5.74) is 1.84. The largest absolute Gasteiger partial charge is 0.441 e. The standard InChI is InChI=1S/C10H12NOP/c1-2-3-10-11-8-6-7(13)4-5-9(8)12-10/h4-6H,2-3,13H2,1H3. The molecule has 13 heavy (non-hydrogen) atoms. The fourth-order valence-corrected chi connectivity index (χ4v) is 1.57. The second-order valence-electron chi connectivity index (χ2n) is 3.08. The first-order valence-corrected chi connectivity index (χ1v) is 5.02. The Morgan fingerprint density at radius 1 is 1.46 bits per heavy atom. The zero-order valence-electron chi connectivity index (χ0n) is 7.58. The fourth-order valence-electron chi connectivity index (χ4n) is 1.31. The van der Waals surface area contributed by atoms with Gasteiger partial charge in [0, 0.05) is 6.42 Å². The molecule has 68 valence electrons. The second-order valence-corrected chi connectivity index (χ2v) is 3.75. The molecule has 0 aliphatic rings. The van der Waals surface area contributed by atoms with Crippen LogP contribution in [0.2, 0.25) is 0 Å². The third-order valence-electron chi connectivity index (χ3n) is 1.92. The SMILES string of the molecule is CCCc1nc2cc(P)ccc2o1. The van der Waals surface area contributed by atoms with Gasteiger partial charge < -0.3 is 4.42 Å². The van der Waals surface area contributed by atoms with Crippen molar-refractivity contribution in [3.8, 4) is 0 Å². The summed E-state index contributed by atoms with van der Waals surface area (Å²) >= 11 is 0. The molecule has 0 fully saturated rings. The van der Waals surface area contributed by atoms with E-state index in [4.69, 9.17) is 4.42 Å². The molecule has 2 rings (SSSR count). The Balaban J connectivity index is 2.49. The summed E-state index contributed by atoms with van der Waals surface area (Å²) in [5.74, 6) is 0.841. The molecular weight excluding hydrogens is 181 g/mol. The average molecular weight is 193 g/mol. The van der Waals surface area contributed by atoms with Crippen LogP contribution in [-0.4, -0.2) is 4.98 Å². The van der Waals surface area contributed by atoms with E-state index in [1.54, 1.807) is 0 Å². The van der Waals surface area contributed by atoms with Crippen molar-refractivity contribution in [1.82, 2.24) is 4.98 Å². The van der Waals surface area contributed by atoms with Gasteiger partial charge in [-0.2, -0.15) is 0 Å². The maximum atomic E-state index is 5.54. The number of rotatable bonds is 2. The van der Waals surface area contributed by atoms with Crippen molar-refractivity contribution >= 4 is 25.6 Å². The normalized spacial score (nSPS) is 10.9. The molecule has 1 aromatic heterocycles.